The highest BCUT2D eigenvalue weighted by molar-refractivity contribution is 7.16. The standard InChI is InChI=1S/C18H24NO2P/c1-12-7-16(21-11-22)8-13(2)17(12)9-14-5-6-15(20)10-18(14)19(3)4/h5-8,10,20H,9,11,22H2,1-4H3. The van der Waals surface area contributed by atoms with Crippen LogP contribution in [0.2, 0.25) is 0 Å². The van der Waals surface area contributed by atoms with Crippen LogP contribution >= 0.6 is 9.24 Å². The van der Waals surface area contributed by atoms with Crippen molar-refractivity contribution >= 4 is 14.9 Å². The molecule has 2 aromatic carbocycles. The van der Waals surface area contributed by atoms with Gasteiger partial charge in [0.05, 0.1) is 0 Å². The van der Waals surface area contributed by atoms with Crippen LogP contribution in [0.1, 0.15) is 22.3 Å². The van der Waals surface area contributed by atoms with Crippen LogP contribution in [0, 0.1) is 13.8 Å². The largest absolute Gasteiger partial charge is 0.508 e. The van der Waals surface area contributed by atoms with E-state index < -0.39 is 0 Å². The zero-order chi connectivity index (χ0) is 16.3. The molecule has 0 saturated heterocycles. The van der Waals surface area contributed by atoms with Gasteiger partial charge in [0.1, 0.15) is 17.8 Å². The summed E-state index contributed by atoms with van der Waals surface area (Å²) >= 11 is 0. The molecule has 2 rings (SSSR count). The third-order valence-corrected chi connectivity index (χ3v) is 4.00. The molecular formula is C18H24NO2P. The van der Waals surface area contributed by atoms with Gasteiger partial charge in [0, 0.05) is 32.3 Å². The number of aromatic hydroxyl groups is 1. The summed E-state index contributed by atoms with van der Waals surface area (Å²) in [7, 11) is 6.56. The van der Waals surface area contributed by atoms with Crippen molar-refractivity contribution in [1.82, 2.24) is 0 Å². The van der Waals surface area contributed by atoms with E-state index >= 15 is 0 Å². The summed E-state index contributed by atoms with van der Waals surface area (Å²) in [5, 5.41) is 9.71. The quantitative estimate of drug-likeness (QED) is 0.850. The second kappa shape index (κ2) is 7.02. The first-order valence-electron chi connectivity index (χ1n) is 7.34. The Morgan fingerprint density at radius 3 is 2.27 bits per heavy atom. The summed E-state index contributed by atoms with van der Waals surface area (Å²) in [4.78, 5) is 2.03. The number of hydrogen-bond acceptors (Lipinski definition) is 3. The molecule has 0 aromatic heterocycles. The van der Waals surface area contributed by atoms with Crippen molar-refractivity contribution in [2.45, 2.75) is 20.3 Å². The van der Waals surface area contributed by atoms with E-state index in [1.54, 1.807) is 6.07 Å². The van der Waals surface area contributed by atoms with E-state index in [-0.39, 0.29) is 0 Å². The SMILES string of the molecule is Cc1cc(OCP)cc(C)c1Cc1ccc(O)cc1N(C)C. The number of rotatable bonds is 5. The van der Waals surface area contributed by atoms with Gasteiger partial charge in [0.2, 0.25) is 0 Å². The Kier molecular flexibility index (Phi) is 5.31. The monoisotopic (exact) mass is 317 g/mol. The summed E-state index contributed by atoms with van der Waals surface area (Å²) in [5.41, 5.74) is 6.01. The van der Waals surface area contributed by atoms with E-state index in [0.29, 0.717) is 12.1 Å². The summed E-state index contributed by atoms with van der Waals surface area (Å²) in [6.07, 6.45) is 1.44. The second-order valence-corrected chi connectivity index (χ2v) is 6.06. The van der Waals surface area contributed by atoms with Crippen LogP contribution < -0.4 is 9.64 Å². The Labute approximate surface area is 135 Å². The topological polar surface area (TPSA) is 32.7 Å². The molecule has 0 aliphatic heterocycles. The lowest BCUT2D eigenvalue weighted by molar-refractivity contribution is 0.392. The summed E-state index contributed by atoms with van der Waals surface area (Å²) in [5.74, 6) is 1.21. The van der Waals surface area contributed by atoms with Crippen molar-refractivity contribution in [3.05, 3.63) is 52.6 Å². The molecule has 0 saturated carbocycles. The lowest BCUT2D eigenvalue weighted by Crippen LogP contribution is -2.12. The molecule has 3 nitrogen and oxygen atoms in total. The van der Waals surface area contributed by atoms with Crippen molar-refractivity contribution < 1.29 is 9.84 Å². The van der Waals surface area contributed by atoms with Gasteiger partial charge in [0.15, 0.2) is 0 Å². The van der Waals surface area contributed by atoms with E-state index in [9.17, 15) is 5.11 Å². The van der Waals surface area contributed by atoms with Gasteiger partial charge in [-0.15, -0.1) is 0 Å². The number of hydrogen-bond donors (Lipinski definition) is 1. The third-order valence-electron chi connectivity index (χ3n) is 3.84. The minimum absolute atomic E-state index is 0.296. The van der Waals surface area contributed by atoms with Gasteiger partial charge in [-0.25, -0.2) is 0 Å². The highest BCUT2D eigenvalue weighted by Gasteiger charge is 2.11. The summed E-state index contributed by atoms with van der Waals surface area (Å²) in [6, 6.07) is 9.73. The smallest absolute Gasteiger partial charge is 0.120 e. The van der Waals surface area contributed by atoms with Gasteiger partial charge in [-0.2, -0.15) is 0 Å². The molecule has 1 atom stereocenters. The maximum Gasteiger partial charge on any atom is 0.120 e. The normalized spacial score (nSPS) is 10.6. The highest BCUT2D eigenvalue weighted by Crippen LogP contribution is 2.30. The Hall–Kier alpha value is -1.73. The van der Waals surface area contributed by atoms with Crippen LogP contribution in [0.4, 0.5) is 5.69 Å². The Morgan fingerprint density at radius 1 is 1.09 bits per heavy atom. The summed E-state index contributed by atoms with van der Waals surface area (Å²) < 4.78 is 5.57. The number of phenols is 1. The van der Waals surface area contributed by atoms with Crippen molar-refractivity contribution in [3.63, 3.8) is 0 Å². The number of benzene rings is 2. The fourth-order valence-electron chi connectivity index (χ4n) is 2.72. The molecule has 0 heterocycles. The molecule has 22 heavy (non-hydrogen) atoms. The van der Waals surface area contributed by atoms with Gasteiger partial charge >= 0.3 is 0 Å². The Bertz CT molecular complexity index is 645. The second-order valence-electron chi connectivity index (χ2n) is 5.73. The minimum atomic E-state index is 0.296. The summed E-state index contributed by atoms with van der Waals surface area (Å²) in [6.45, 7) is 4.24. The average molecular weight is 317 g/mol. The molecule has 0 amide bonds. The first-order valence-corrected chi connectivity index (χ1v) is 8.16. The average Bonchev–Trinajstić information content (AvgIpc) is 2.44. The highest BCUT2D eigenvalue weighted by atomic mass is 31.0. The van der Waals surface area contributed by atoms with Crippen LogP contribution in [0.5, 0.6) is 11.5 Å². The van der Waals surface area contributed by atoms with Gasteiger partial charge in [-0.1, -0.05) is 15.3 Å². The predicted octanol–water partition coefficient (Wildman–Crippen LogP) is 3.88. The fraction of sp³-hybridized carbons (Fsp3) is 0.333. The van der Waals surface area contributed by atoms with Crippen LogP contribution in [0.15, 0.2) is 30.3 Å². The van der Waals surface area contributed by atoms with Gasteiger partial charge in [-0.3, -0.25) is 0 Å². The zero-order valence-corrected chi connectivity index (χ0v) is 14.8. The lowest BCUT2D eigenvalue weighted by atomic mass is 9.94. The first-order chi connectivity index (χ1) is 10.4. The first kappa shape index (κ1) is 16.6. The third kappa shape index (κ3) is 3.72. The number of aryl methyl sites for hydroxylation is 2. The van der Waals surface area contributed by atoms with E-state index in [4.69, 9.17) is 4.74 Å². The number of anilines is 1. The molecule has 118 valence electrons. The molecule has 0 aliphatic rings. The van der Waals surface area contributed by atoms with Crippen LogP contribution in [-0.2, 0) is 6.42 Å². The van der Waals surface area contributed by atoms with Gasteiger partial charge < -0.3 is 14.7 Å². The van der Waals surface area contributed by atoms with E-state index in [0.717, 1.165) is 17.9 Å². The maximum absolute atomic E-state index is 9.71. The Balaban J connectivity index is 2.39. The van der Waals surface area contributed by atoms with E-state index in [2.05, 4.69) is 35.2 Å². The molecule has 1 N–H and O–H groups in total. The number of ether oxygens (including phenoxy) is 1. The number of nitrogens with zero attached hydrogens (tertiary/aromatic N) is 1. The number of phenolic OH excluding ortho intramolecular Hbond substituents is 1. The van der Waals surface area contributed by atoms with Crippen molar-refractivity contribution in [1.29, 1.82) is 0 Å². The molecule has 1 unspecified atom stereocenters. The molecule has 0 aliphatic carbocycles. The van der Waals surface area contributed by atoms with Crippen LogP contribution in [-0.4, -0.2) is 25.5 Å². The van der Waals surface area contributed by atoms with Gasteiger partial charge in [-0.05, 0) is 54.3 Å². The van der Waals surface area contributed by atoms with E-state index in [1.165, 1.54) is 22.3 Å². The molecule has 0 radical (unpaired) electrons. The molecule has 0 fully saturated rings. The fourth-order valence-corrected chi connectivity index (χ4v) is 2.91. The van der Waals surface area contributed by atoms with Gasteiger partial charge in [0.25, 0.3) is 0 Å². The lowest BCUT2D eigenvalue weighted by Gasteiger charge is -2.20. The maximum atomic E-state index is 9.71. The van der Waals surface area contributed by atoms with Crippen molar-refractivity contribution in [2.24, 2.45) is 0 Å². The molecule has 0 spiro atoms. The molecular weight excluding hydrogens is 293 g/mol. The Morgan fingerprint density at radius 2 is 1.73 bits per heavy atom. The zero-order valence-electron chi connectivity index (χ0n) is 13.7. The molecule has 0 bridgehead atoms. The molecule has 4 heteroatoms. The minimum Gasteiger partial charge on any atom is -0.508 e. The van der Waals surface area contributed by atoms with Crippen molar-refractivity contribution in [2.75, 3.05) is 25.3 Å². The van der Waals surface area contributed by atoms with E-state index in [1.807, 2.05) is 31.1 Å². The molecule has 2 aromatic rings. The van der Waals surface area contributed by atoms with Crippen molar-refractivity contribution in [3.8, 4) is 11.5 Å². The van der Waals surface area contributed by atoms with Crippen LogP contribution in [0.3, 0.4) is 0 Å². The van der Waals surface area contributed by atoms with Crippen LogP contribution in [0.25, 0.3) is 0 Å². The predicted molar refractivity (Wildman–Crippen MR) is 96.4 cm³/mol.